The van der Waals surface area contributed by atoms with E-state index in [0.717, 1.165) is 16.4 Å². The summed E-state index contributed by atoms with van der Waals surface area (Å²) in [4.78, 5) is 4.52. The molecule has 0 aliphatic carbocycles. The van der Waals surface area contributed by atoms with Crippen molar-refractivity contribution in [3.8, 4) is 0 Å². The van der Waals surface area contributed by atoms with Gasteiger partial charge < -0.3 is 10.4 Å². The summed E-state index contributed by atoms with van der Waals surface area (Å²) in [6.45, 7) is 0.540. The largest absolute Gasteiger partial charge is 0.395 e. The van der Waals surface area contributed by atoms with Gasteiger partial charge in [0.2, 0.25) is 0 Å². The molecule has 0 spiro atoms. The lowest BCUT2D eigenvalue weighted by molar-refractivity contribution is -0.582. The molecule has 3 rings (SSSR count). The molecule has 0 radical (unpaired) electrons. The molecule has 0 amide bonds. The molecule has 0 fully saturated rings. The number of hydrogen-bond acceptors (Lipinski definition) is 4. The monoisotopic (exact) mass is 241 g/mol. The van der Waals surface area contributed by atoms with Crippen LogP contribution in [0.3, 0.4) is 0 Å². The minimum atomic E-state index is 0.0718. The van der Waals surface area contributed by atoms with Crippen LogP contribution in [0.15, 0.2) is 42.7 Å². The summed E-state index contributed by atoms with van der Waals surface area (Å²) >= 11 is 0. The summed E-state index contributed by atoms with van der Waals surface area (Å²) < 4.78 is 1.74. The van der Waals surface area contributed by atoms with Gasteiger partial charge >= 0.3 is 5.65 Å². The number of benzene rings is 1. The number of anilines is 1. The molecular weight excluding hydrogens is 228 g/mol. The van der Waals surface area contributed by atoms with Gasteiger partial charge in [0.25, 0.3) is 5.82 Å². The summed E-state index contributed by atoms with van der Waals surface area (Å²) in [5, 5.41) is 18.3. The molecule has 5 nitrogen and oxygen atoms in total. The molecule has 0 atom stereocenters. The van der Waals surface area contributed by atoms with Gasteiger partial charge in [0.15, 0.2) is 0 Å². The summed E-state index contributed by atoms with van der Waals surface area (Å²) in [7, 11) is 0. The minimum absolute atomic E-state index is 0.0718. The Morgan fingerprint density at radius 3 is 3.00 bits per heavy atom. The van der Waals surface area contributed by atoms with Crippen LogP contribution in [-0.2, 0) is 0 Å². The van der Waals surface area contributed by atoms with E-state index in [-0.39, 0.29) is 6.61 Å². The Labute approximate surface area is 104 Å². The summed E-state index contributed by atoms with van der Waals surface area (Å²) in [6.07, 6.45) is 3.54. The maximum atomic E-state index is 8.80. The number of aromatic nitrogens is 3. The highest BCUT2D eigenvalue weighted by Gasteiger charge is 2.12. The van der Waals surface area contributed by atoms with Crippen molar-refractivity contribution in [3.05, 3.63) is 42.7 Å². The number of hydrogen-bond donors (Lipinski definition) is 2. The number of aliphatic hydroxyl groups excluding tert-OH is 1. The van der Waals surface area contributed by atoms with Gasteiger partial charge in [-0.05, 0) is 22.5 Å². The Morgan fingerprint density at radius 1 is 1.22 bits per heavy atom. The topological polar surface area (TPSA) is 62.1 Å². The van der Waals surface area contributed by atoms with Gasteiger partial charge in [0, 0.05) is 6.54 Å². The molecular formula is C13H13N4O+. The molecule has 0 aliphatic heterocycles. The quantitative estimate of drug-likeness (QED) is 0.525. The number of pyridine rings is 1. The van der Waals surface area contributed by atoms with Crippen LogP contribution in [0.25, 0.3) is 16.4 Å². The number of nitrogens with one attached hydrogen (secondary N) is 1. The van der Waals surface area contributed by atoms with E-state index < -0.39 is 0 Å². The van der Waals surface area contributed by atoms with Gasteiger partial charge in [-0.25, -0.2) is 0 Å². The smallest absolute Gasteiger partial charge is 0.358 e. The van der Waals surface area contributed by atoms with Crippen molar-refractivity contribution in [2.24, 2.45) is 0 Å². The number of fused-ring (bicyclic) bond motifs is 3. The van der Waals surface area contributed by atoms with E-state index in [2.05, 4.69) is 15.4 Å². The van der Waals surface area contributed by atoms with Gasteiger partial charge in [-0.15, -0.1) is 4.52 Å². The van der Waals surface area contributed by atoms with Crippen LogP contribution in [0.1, 0.15) is 0 Å². The molecule has 2 N–H and O–H groups in total. The fourth-order valence-electron chi connectivity index (χ4n) is 1.92. The molecule has 0 saturated carbocycles. The van der Waals surface area contributed by atoms with E-state index in [1.54, 1.807) is 10.7 Å². The van der Waals surface area contributed by atoms with Gasteiger partial charge in [-0.1, -0.05) is 23.3 Å². The van der Waals surface area contributed by atoms with E-state index in [0.29, 0.717) is 12.4 Å². The zero-order valence-corrected chi connectivity index (χ0v) is 9.74. The Balaban J connectivity index is 2.20. The van der Waals surface area contributed by atoms with Crippen LogP contribution >= 0.6 is 0 Å². The number of rotatable bonds is 3. The maximum Gasteiger partial charge on any atom is 0.358 e. The SMILES string of the molecule is OCCNc1cn[n+]2ccc3ccccc3c2n1. The summed E-state index contributed by atoms with van der Waals surface area (Å²) in [5.74, 6) is 0.667. The van der Waals surface area contributed by atoms with Crippen LogP contribution in [0.4, 0.5) is 5.82 Å². The Hall–Kier alpha value is -2.27. The van der Waals surface area contributed by atoms with Crippen molar-refractivity contribution >= 4 is 22.2 Å². The summed E-state index contributed by atoms with van der Waals surface area (Å²) in [6, 6.07) is 10.1. The van der Waals surface area contributed by atoms with Gasteiger partial charge in [0.05, 0.1) is 12.0 Å². The minimum Gasteiger partial charge on any atom is -0.395 e. The standard InChI is InChI=1S/C13H12N4O/c18-8-6-14-12-9-15-17-7-5-10-3-1-2-4-11(10)13(17)16-12/h1-5,7,9,18H,6,8H2/p+1. The molecule has 1 aromatic carbocycles. The van der Waals surface area contributed by atoms with E-state index in [4.69, 9.17) is 5.11 Å². The highest BCUT2D eigenvalue weighted by atomic mass is 16.3. The summed E-state index contributed by atoms with van der Waals surface area (Å²) in [5.41, 5.74) is 0.802. The molecule has 2 heterocycles. The third-order valence-electron chi connectivity index (χ3n) is 2.76. The van der Waals surface area contributed by atoms with E-state index in [1.165, 1.54) is 0 Å². The zero-order valence-electron chi connectivity index (χ0n) is 9.74. The number of nitrogens with zero attached hydrogens (tertiary/aromatic N) is 3. The van der Waals surface area contributed by atoms with Crippen molar-refractivity contribution in [1.29, 1.82) is 0 Å². The van der Waals surface area contributed by atoms with Crippen LogP contribution in [0, 0.1) is 0 Å². The van der Waals surface area contributed by atoms with Crippen LogP contribution < -0.4 is 9.83 Å². The van der Waals surface area contributed by atoms with Gasteiger partial charge in [-0.3, -0.25) is 0 Å². The Bertz CT molecular complexity index is 699. The molecule has 0 bridgehead atoms. The van der Waals surface area contributed by atoms with Crippen molar-refractivity contribution in [2.45, 2.75) is 0 Å². The van der Waals surface area contributed by atoms with Gasteiger partial charge in [-0.2, -0.15) is 0 Å². The molecule has 5 heteroatoms. The van der Waals surface area contributed by atoms with Crippen molar-refractivity contribution < 1.29 is 9.62 Å². The fraction of sp³-hybridized carbons (Fsp3) is 0.154. The lowest BCUT2D eigenvalue weighted by Gasteiger charge is -1.99. The number of aliphatic hydroxyl groups is 1. The zero-order chi connectivity index (χ0) is 12.4. The molecule has 90 valence electrons. The van der Waals surface area contributed by atoms with E-state index in [9.17, 15) is 0 Å². The molecule has 18 heavy (non-hydrogen) atoms. The molecule has 2 aromatic heterocycles. The predicted octanol–water partition coefficient (Wildman–Crippen LogP) is 0.773. The van der Waals surface area contributed by atoms with Crippen LogP contribution in [0.5, 0.6) is 0 Å². The first kappa shape index (κ1) is 10.9. The first-order valence-corrected chi connectivity index (χ1v) is 5.80. The normalized spacial score (nSPS) is 10.9. The highest BCUT2D eigenvalue weighted by molar-refractivity contribution is 5.91. The average molecular weight is 241 g/mol. The van der Waals surface area contributed by atoms with Gasteiger partial charge in [0.1, 0.15) is 12.4 Å². The van der Waals surface area contributed by atoms with Crippen molar-refractivity contribution in [2.75, 3.05) is 18.5 Å². The predicted molar refractivity (Wildman–Crippen MR) is 68.3 cm³/mol. The molecule has 3 aromatic rings. The first-order chi connectivity index (χ1) is 8.88. The van der Waals surface area contributed by atoms with E-state index >= 15 is 0 Å². The third-order valence-corrected chi connectivity index (χ3v) is 2.76. The second-order valence-corrected chi connectivity index (χ2v) is 3.96. The maximum absolute atomic E-state index is 8.80. The lowest BCUT2D eigenvalue weighted by atomic mass is 10.2. The van der Waals surface area contributed by atoms with E-state index in [1.807, 2.05) is 36.5 Å². The second-order valence-electron chi connectivity index (χ2n) is 3.96. The second kappa shape index (κ2) is 4.54. The highest BCUT2D eigenvalue weighted by Crippen LogP contribution is 2.15. The van der Waals surface area contributed by atoms with Crippen LogP contribution in [-0.4, -0.2) is 28.3 Å². The lowest BCUT2D eigenvalue weighted by Crippen LogP contribution is -2.28. The Kier molecular flexibility index (Phi) is 2.74. The first-order valence-electron chi connectivity index (χ1n) is 5.80. The molecule has 0 saturated heterocycles. The van der Waals surface area contributed by atoms with Crippen molar-refractivity contribution in [3.63, 3.8) is 0 Å². The fourth-order valence-corrected chi connectivity index (χ4v) is 1.92. The van der Waals surface area contributed by atoms with Crippen LogP contribution in [0.2, 0.25) is 0 Å². The Morgan fingerprint density at radius 2 is 2.11 bits per heavy atom. The third kappa shape index (κ3) is 1.84. The molecule has 0 unspecified atom stereocenters. The average Bonchev–Trinajstić information content (AvgIpc) is 2.45. The van der Waals surface area contributed by atoms with Crippen molar-refractivity contribution in [1.82, 2.24) is 10.1 Å². The molecule has 0 aliphatic rings.